The summed E-state index contributed by atoms with van der Waals surface area (Å²) in [4.78, 5) is 18.4. The normalized spacial score (nSPS) is 11.9. The van der Waals surface area contributed by atoms with Crippen molar-refractivity contribution in [3.63, 3.8) is 0 Å². The van der Waals surface area contributed by atoms with Crippen LogP contribution in [0.2, 0.25) is 0 Å². The fourth-order valence-corrected chi connectivity index (χ4v) is 14.9. The van der Waals surface area contributed by atoms with E-state index in [9.17, 15) is 51.1 Å². The third-order valence-electron chi connectivity index (χ3n) is 20.2. The Balaban J connectivity index is 0.000000196. The third kappa shape index (κ3) is 25.9. The number of aryl methyl sites for hydroxylation is 3. The number of phenolic OH excluding ortho intramolecular Hbond substituents is 2. The molecule has 0 aliphatic heterocycles. The maximum absolute atomic E-state index is 14.1. The lowest BCUT2D eigenvalue weighted by Gasteiger charge is -2.23. The van der Waals surface area contributed by atoms with Crippen LogP contribution in [0.1, 0.15) is 245 Å². The highest BCUT2D eigenvalue weighted by Crippen LogP contribution is 2.41. The summed E-state index contributed by atoms with van der Waals surface area (Å²) in [5.41, 5.74) is 10.3. The molecule has 0 fully saturated rings. The molecular formula is C100H124F7N11O6. The Morgan fingerprint density at radius 3 is 1.31 bits per heavy atom. The van der Waals surface area contributed by atoms with E-state index in [1.54, 1.807) is 70.5 Å². The maximum atomic E-state index is 14.1. The number of alkyl halides is 2. The van der Waals surface area contributed by atoms with E-state index in [0.29, 0.717) is 51.9 Å². The highest BCUT2D eigenvalue weighted by Gasteiger charge is 2.30. The number of fused-ring (bicyclic) bond motifs is 4. The summed E-state index contributed by atoms with van der Waals surface area (Å²) in [5.74, 6) is 0.816. The smallest absolute Gasteiger partial charge is 0.342 e. The molecule has 5 N–H and O–H groups in total. The molecule has 5 heterocycles. The number of rotatable bonds is 8. The molecule has 9 aromatic carbocycles. The van der Waals surface area contributed by atoms with E-state index < -0.39 is 28.0 Å². The van der Waals surface area contributed by atoms with E-state index in [1.165, 1.54) is 115 Å². The summed E-state index contributed by atoms with van der Waals surface area (Å²) < 4.78 is 108. The van der Waals surface area contributed by atoms with Crippen molar-refractivity contribution in [2.75, 3.05) is 0 Å². The van der Waals surface area contributed by atoms with Gasteiger partial charge in [-0.1, -0.05) is 239 Å². The van der Waals surface area contributed by atoms with Gasteiger partial charge in [0, 0.05) is 69.0 Å². The average Bonchev–Trinajstić information content (AvgIpc) is 1.58. The molecule has 17 nitrogen and oxygen atoms in total. The molecule has 0 atom stereocenters. The molecule has 0 aliphatic carbocycles. The number of nitro groups is 1. The van der Waals surface area contributed by atoms with Crippen molar-refractivity contribution in [1.82, 2.24) is 49.7 Å². The predicted octanol–water partition coefficient (Wildman–Crippen LogP) is 26.8. The third-order valence-corrected chi connectivity index (χ3v) is 20.2. The number of hydrogen-bond donors (Lipinski definition) is 5. The zero-order valence-corrected chi connectivity index (χ0v) is 77.1. The first kappa shape index (κ1) is 99.3. The quantitative estimate of drug-likeness (QED) is 0.0547. The van der Waals surface area contributed by atoms with Crippen molar-refractivity contribution in [1.29, 1.82) is 0 Å². The largest absolute Gasteiger partial charge is 0.508 e. The summed E-state index contributed by atoms with van der Waals surface area (Å²) in [7, 11) is 3.45. The van der Waals surface area contributed by atoms with Crippen LogP contribution in [0.3, 0.4) is 0 Å². The molecule has 14 rings (SSSR count). The Labute approximate surface area is 725 Å². The first-order chi connectivity index (χ1) is 57.4. The Morgan fingerprint density at radius 2 is 0.863 bits per heavy atom. The van der Waals surface area contributed by atoms with Crippen LogP contribution in [0.15, 0.2) is 183 Å². The van der Waals surface area contributed by atoms with Crippen molar-refractivity contribution >= 4 is 49.3 Å². The van der Waals surface area contributed by atoms with Gasteiger partial charge in [-0.25, -0.2) is 45.3 Å². The molecule has 0 saturated carbocycles. The number of phenols is 2. The van der Waals surface area contributed by atoms with Crippen LogP contribution in [-0.4, -0.2) is 64.8 Å². The number of imidazole rings is 2. The maximum Gasteiger partial charge on any atom is 0.342 e. The number of benzene rings is 9. The topological polar surface area (TPSA) is 224 Å². The Hall–Kier alpha value is -11.8. The van der Waals surface area contributed by atoms with Gasteiger partial charge in [0.25, 0.3) is 6.43 Å². The lowest BCUT2D eigenvalue weighted by atomic mass is 9.82. The highest BCUT2D eigenvalue weighted by atomic mass is 19.3. The first-order valence-electron chi connectivity index (χ1n) is 41.1. The van der Waals surface area contributed by atoms with Crippen molar-refractivity contribution in [2.24, 2.45) is 14.1 Å². The van der Waals surface area contributed by atoms with Gasteiger partial charge in [0.1, 0.15) is 70.7 Å². The van der Waals surface area contributed by atoms with Crippen LogP contribution in [0.5, 0.6) is 23.0 Å². The molecule has 24 heteroatoms. The minimum absolute atomic E-state index is 0.0247. The number of H-pyrrole nitrogens is 3. The highest BCUT2D eigenvalue weighted by molar-refractivity contribution is 5.88. The van der Waals surface area contributed by atoms with Gasteiger partial charge in [-0.2, -0.15) is 15.3 Å². The lowest BCUT2D eigenvalue weighted by Crippen LogP contribution is -2.16. The molecule has 5 aromatic heterocycles. The first-order valence-corrected chi connectivity index (χ1v) is 41.1. The molecule has 0 radical (unpaired) electrons. The zero-order valence-electron chi connectivity index (χ0n) is 77.1. The molecule has 0 saturated heterocycles. The number of hydrogen-bond acceptors (Lipinski definition) is 11. The predicted molar refractivity (Wildman–Crippen MR) is 487 cm³/mol. The van der Waals surface area contributed by atoms with Crippen molar-refractivity contribution in [3.05, 3.63) is 295 Å². The van der Waals surface area contributed by atoms with Gasteiger partial charge in [0.15, 0.2) is 6.61 Å². The van der Waals surface area contributed by atoms with E-state index in [4.69, 9.17) is 9.47 Å². The second kappa shape index (κ2) is 40.2. The van der Waals surface area contributed by atoms with Gasteiger partial charge in [-0.3, -0.25) is 15.3 Å². The number of nitrogens with one attached hydrogen (secondary N) is 3. The van der Waals surface area contributed by atoms with Gasteiger partial charge >= 0.3 is 5.82 Å². The van der Waals surface area contributed by atoms with E-state index in [-0.39, 0.29) is 85.1 Å². The van der Waals surface area contributed by atoms with Gasteiger partial charge in [-0.05, 0) is 173 Å². The van der Waals surface area contributed by atoms with E-state index in [2.05, 4.69) is 147 Å². The van der Waals surface area contributed by atoms with Crippen molar-refractivity contribution in [2.45, 2.75) is 243 Å². The minimum atomic E-state index is -2.63. The summed E-state index contributed by atoms with van der Waals surface area (Å²) >= 11 is 0. The summed E-state index contributed by atoms with van der Waals surface area (Å²) in [6.45, 7) is 52.9. The SMILES string of the molecule is CC(C)(C)c1c(F)ccc2cn[nH]c12.CC(C)(C)c1c(F)cccc1C(F)F.CC(C)(C)c1c(O)cccc1F.CC(C)(C)c1cc(O)cc2ccccc12.Cc1ccc2[nH]ncc2c1C(C)(C)C.Cc1ccc2cn[nH]c2c1C(C)(C)C.Cn1c([N+](=O)[O-])cnc1COc1cccc(F)c1C(C)(C)C.Cn1ccnc1COc1cccc(F)c1C(C)(C)C. The molecule has 0 bridgehead atoms. The van der Waals surface area contributed by atoms with E-state index in [0.717, 1.165) is 27.6 Å². The van der Waals surface area contributed by atoms with Crippen molar-refractivity contribution < 1.29 is 55.3 Å². The summed E-state index contributed by atoms with van der Waals surface area (Å²) in [5, 5.41) is 56.6. The number of aromatic hydroxyl groups is 2. The van der Waals surface area contributed by atoms with Crippen LogP contribution in [0, 0.1) is 53.0 Å². The number of nitrogens with zero attached hydrogens (tertiary/aromatic N) is 8. The minimum Gasteiger partial charge on any atom is -0.508 e. The van der Waals surface area contributed by atoms with Gasteiger partial charge in [0.05, 0.1) is 42.2 Å². The standard InChI is InChI=1S/C15H18FN3O3.C15H19FN2O.C14H16O.2C12H16N2.C11H13F3.C11H13FN2.C10H13FO/c1-15(2,3)14-10(16)6-5-7-11(14)22-9-12-17-8-13(18(12)4)19(20)21;1-15(2,3)14-11(16)6-5-7-12(14)19-10-13-17-8-9-18(13)4;1-14(2,3)13-9-11(15)8-10-6-4-5-7-12(10)13;1-8-5-6-10-9(7-13-14-10)11(8)12(2,3)4;1-8-5-6-9-7-13-14-11(9)10(8)12(2,3)4;1-11(2,3)9-7(10(13)14)5-4-6-8(9)12;1-11(2,3)9-8(12)5-4-7-6-13-14-10(7)9;1-10(2,3)9-7(11)5-4-6-8(9)12/h5-8H,9H2,1-4H3;5-9H,10H2,1-4H3;4-9,15H,1-3H3;2*5-7H,1-4H3,(H,13,14);4-6,10H,1-3H3;4-6H,1-3H3,(H,13,14);4-6,12H,1-3H3. The fraction of sp³-hybridized carbons (Fsp3) is 0.390. The van der Waals surface area contributed by atoms with Gasteiger partial charge in [0.2, 0.25) is 5.82 Å². The Bertz CT molecular complexity index is 5690. The molecule has 0 amide bonds. The van der Waals surface area contributed by atoms with E-state index in [1.807, 2.05) is 144 Å². The molecule has 0 unspecified atom stereocenters. The van der Waals surface area contributed by atoms with Crippen molar-refractivity contribution in [3.8, 4) is 23.0 Å². The van der Waals surface area contributed by atoms with Crippen LogP contribution in [-0.2, 0) is 70.6 Å². The fourth-order valence-electron chi connectivity index (χ4n) is 14.9. The number of halogens is 7. The molecule has 124 heavy (non-hydrogen) atoms. The second-order valence-corrected chi connectivity index (χ2v) is 38.9. The average molecular weight is 1710 g/mol. The number of aromatic amines is 3. The number of aromatic nitrogens is 10. The lowest BCUT2D eigenvalue weighted by molar-refractivity contribution is -0.391. The molecule has 14 aromatic rings. The van der Waals surface area contributed by atoms with Crippen LogP contribution < -0.4 is 9.47 Å². The van der Waals surface area contributed by atoms with E-state index >= 15 is 0 Å². The molecule has 0 aliphatic rings. The zero-order chi connectivity index (χ0) is 92.9. The van der Waals surface area contributed by atoms with Crippen LogP contribution in [0.25, 0.3) is 43.5 Å². The second-order valence-electron chi connectivity index (χ2n) is 38.9. The molecule has 664 valence electrons. The number of ether oxygens (including phenoxy) is 2. The van der Waals surface area contributed by atoms with Crippen LogP contribution >= 0.6 is 0 Å². The Morgan fingerprint density at radius 1 is 0.427 bits per heavy atom. The summed E-state index contributed by atoms with van der Waals surface area (Å²) in [6.07, 6.45) is 7.63. The Kier molecular flexibility index (Phi) is 32.2. The van der Waals surface area contributed by atoms with Gasteiger partial charge < -0.3 is 34.4 Å². The summed E-state index contributed by atoms with van der Waals surface area (Å²) in [6, 6.07) is 41.3. The monoisotopic (exact) mass is 1710 g/mol. The molecule has 0 spiro atoms. The molecular weight excluding hydrogens is 1580 g/mol. The van der Waals surface area contributed by atoms with Gasteiger partial charge in [-0.15, -0.1) is 0 Å². The van der Waals surface area contributed by atoms with Crippen LogP contribution in [0.4, 0.5) is 36.6 Å².